The van der Waals surface area contributed by atoms with Crippen molar-refractivity contribution in [2.75, 3.05) is 0 Å². The lowest BCUT2D eigenvalue weighted by atomic mass is 9.43. The number of rotatable bonds is 6. The first-order valence-corrected chi connectivity index (χ1v) is 14.4. The first-order valence-electron chi connectivity index (χ1n) is 14.4. The van der Waals surface area contributed by atoms with Crippen molar-refractivity contribution < 1.29 is 23.9 Å². The van der Waals surface area contributed by atoms with E-state index in [4.69, 9.17) is 9.47 Å². The molecule has 5 heteroatoms. The summed E-state index contributed by atoms with van der Waals surface area (Å²) in [6, 6.07) is 0. The summed E-state index contributed by atoms with van der Waals surface area (Å²) in [5.74, 6) is 2.84. The normalized spacial score (nSPS) is 42.8. The standard InChI is InChI=1S/C31H48O5/c1-18(2)28(34)11-8-19(3)24-9-10-25-23-17-29(36-21(5)33)27-16-22(35-20(4)32)12-14-31(27,7)26(23)13-15-30(24,25)6/h8,11,18-19,22-27,29H,9-10,12-17H2,1-7H3/b11-8+/t19-,22-,23+,24-,25+,26+,27+,29+,30-,31-/m1/s1. The molecular formula is C31H48O5. The summed E-state index contributed by atoms with van der Waals surface area (Å²) in [5, 5.41) is 0. The average Bonchev–Trinajstić information content (AvgIpc) is 3.14. The van der Waals surface area contributed by atoms with Crippen molar-refractivity contribution in [3.8, 4) is 0 Å². The Labute approximate surface area is 218 Å². The van der Waals surface area contributed by atoms with E-state index in [9.17, 15) is 14.4 Å². The molecule has 0 radical (unpaired) electrons. The summed E-state index contributed by atoms with van der Waals surface area (Å²) in [7, 11) is 0. The largest absolute Gasteiger partial charge is 0.463 e. The molecule has 4 rings (SSSR count). The molecule has 0 spiro atoms. The van der Waals surface area contributed by atoms with E-state index in [1.54, 1.807) is 0 Å². The minimum atomic E-state index is -0.218. The highest BCUT2D eigenvalue weighted by Gasteiger charge is 2.63. The Morgan fingerprint density at radius 3 is 2.08 bits per heavy atom. The third-order valence-electron chi connectivity index (χ3n) is 11.1. The van der Waals surface area contributed by atoms with Gasteiger partial charge < -0.3 is 9.47 Å². The van der Waals surface area contributed by atoms with Crippen LogP contribution in [0.5, 0.6) is 0 Å². The summed E-state index contributed by atoms with van der Waals surface area (Å²) in [6.45, 7) is 14.2. The molecule has 0 unspecified atom stereocenters. The predicted molar refractivity (Wildman–Crippen MR) is 140 cm³/mol. The summed E-state index contributed by atoms with van der Waals surface area (Å²) in [4.78, 5) is 36.1. The molecule has 4 fully saturated rings. The van der Waals surface area contributed by atoms with Crippen LogP contribution in [0.1, 0.15) is 99.8 Å². The van der Waals surface area contributed by atoms with Gasteiger partial charge in [0.25, 0.3) is 0 Å². The van der Waals surface area contributed by atoms with Crippen LogP contribution in [0, 0.1) is 52.3 Å². The highest BCUT2D eigenvalue weighted by atomic mass is 16.5. The van der Waals surface area contributed by atoms with Crippen LogP contribution >= 0.6 is 0 Å². The zero-order chi connectivity index (χ0) is 26.4. The van der Waals surface area contributed by atoms with Crippen molar-refractivity contribution in [1.82, 2.24) is 0 Å². The van der Waals surface area contributed by atoms with E-state index in [0.29, 0.717) is 29.6 Å². The number of hydrogen-bond donors (Lipinski definition) is 0. The quantitative estimate of drug-likeness (QED) is 0.306. The maximum absolute atomic E-state index is 12.2. The molecular weight excluding hydrogens is 452 g/mol. The Balaban J connectivity index is 1.57. The van der Waals surface area contributed by atoms with E-state index in [1.165, 1.54) is 39.5 Å². The second-order valence-electron chi connectivity index (χ2n) is 13.4. The van der Waals surface area contributed by atoms with Gasteiger partial charge in [-0.1, -0.05) is 40.7 Å². The number of carbonyl (C=O) groups excluding carboxylic acids is 3. The van der Waals surface area contributed by atoms with Crippen LogP contribution in [0.25, 0.3) is 0 Å². The van der Waals surface area contributed by atoms with Gasteiger partial charge in [-0.3, -0.25) is 14.4 Å². The summed E-state index contributed by atoms with van der Waals surface area (Å²) < 4.78 is 11.7. The lowest BCUT2D eigenvalue weighted by Gasteiger charge is -2.62. The lowest BCUT2D eigenvalue weighted by Crippen LogP contribution is -2.59. The third kappa shape index (κ3) is 4.92. The van der Waals surface area contributed by atoms with E-state index in [2.05, 4.69) is 26.8 Å². The topological polar surface area (TPSA) is 69.7 Å². The number of esters is 2. The summed E-state index contributed by atoms with van der Waals surface area (Å²) in [6.07, 6.45) is 12.4. The van der Waals surface area contributed by atoms with Gasteiger partial charge in [-0.25, -0.2) is 0 Å². The first-order chi connectivity index (χ1) is 16.9. The Morgan fingerprint density at radius 1 is 0.806 bits per heavy atom. The van der Waals surface area contributed by atoms with Crippen LogP contribution in [0.2, 0.25) is 0 Å². The zero-order valence-corrected chi connectivity index (χ0v) is 23.5. The molecule has 0 saturated heterocycles. The molecule has 10 atom stereocenters. The van der Waals surface area contributed by atoms with E-state index in [1.807, 2.05) is 19.9 Å². The number of carbonyl (C=O) groups is 3. The molecule has 0 aromatic heterocycles. The number of ketones is 1. The lowest BCUT2D eigenvalue weighted by molar-refractivity contribution is -0.196. The predicted octanol–water partition coefficient (Wildman–Crippen LogP) is 6.54. The molecule has 202 valence electrons. The van der Waals surface area contributed by atoms with Gasteiger partial charge in [0.2, 0.25) is 0 Å². The molecule has 4 aliphatic carbocycles. The van der Waals surface area contributed by atoms with Crippen LogP contribution < -0.4 is 0 Å². The average molecular weight is 501 g/mol. The molecule has 0 aromatic rings. The van der Waals surface area contributed by atoms with Gasteiger partial charge in [0.15, 0.2) is 5.78 Å². The van der Waals surface area contributed by atoms with E-state index in [-0.39, 0.29) is 52.6 Å². The SMILES string of the molecule is CC(=O)O[C@@H]1CC[C@]2(C)[C@H]3CC[C@]4(C)[C@@H]([C@H](C)/C=C/C(=O)C(C)C)CC[C@H]4[C@@H]3C[C@H](OC(C)=O)[C@@H]2C1. The fourth-order valence-electron chi connectivity index (χ4n) is 9.39. The number of allylic oxidation sites excluding steroid dienone is 2. The summed E-state index contributed by atoms with van der Waals surface area (Å²) in [5.41, 5.74) is 0.360. The third-order valence-corrected chi connectivity index (χ3v) is 11.1. The Kier molecular flexibility index (Phi) is 7.80. The Bertz CT molecular complexity index is 891. The number of fused-ring (bicyclic) bond motifs is 5. The van der Waals surface area contributed by atoms with Crippen molar-refractivity contribution in [3.63, 3.8) is 0 Å². The van der Waals surface area contributed by atoms with Crippen LogP contribution in [-0.4, -0.2) is 29.9 Å². The van der Waals surface area contributed by atoms with Crippen molar-refractivity contribution in [3.05, 3.63) is 12.2 Å². The second-order valence-corrected chi connectivity index (χ2v) is 13.4. The molecule has 4 aliphatic rings. The highest BCUT2D eigenvalue weighted by Crippen LogP contribution is 2.68. The molecule has 0 N–H and O–H groups in total. The fraction of sp³-hybridized carbons (Fsp3) is 0.839. The molecule has 4 saturated carbocycles. The monoisotopic (exact) mass is 500 g/mol. The number of ether oxygens (including phenoxy) is 2. The van der Waals surface area contributed by atoms with Crippen LogP contribution in [-0.2, 0) is 23.9 Å². The van der Waals surface area contributed by atoms with Crippen LogP contribution in [0.3, 0.4) is 0 Å². The van der Waals surface area contributed by atoms with E-state index in [0.717, 1.165) is 25.7 Å². The highest BCUT2D eigenvalue weighted by molar-refractivity contribution is 5.91. The summed E-state index contributed by atoms with van der Waals surface area (Å²) >= 11 is 0. The molecule has 0 amide bonds. The van der Waals surface area contributed by atoms with Gasteiger partial charge in [-0.15, -0.1) is 0 Å². The second kappa shape index (κ2) is 10.3. The van der Waals surface area contributed by atoms with Crippen molar-refractivity contribution >= 4 is 17.7 Å². The Hall–Kier alpha value is -1.65. The van der Waals surface area contributed by atoms with Gasteiger partial charge in [0, 0.05) is 25.7 Å². The minimum absolute atomic E-state index is 0.0425. The van der Waals surface area contributed by atoms with E-state index < -0.39 is 0 Å². The van der Waals surface area contributed by atoms with Gasteiger partial charge >= 0.3 is 11.9 Å². The Morgan fingerprint density at radius 2 is 1.44 bits per heavy atom. The van der Waals surface area contributed by atoms with Gasteiger partial charge in [-0.05, 0) is 97.9 Å². The maximum atomic E-state index is 12.2. The maximum Gasteiger partial charge on any atom is 0.302 e. The van der Waals surface area contributed by atoms with Crippen LogP contribution in [0.4, 0.5) is 0 Å². The van der Waals surface area contributed by atoms with Crippen molar-refractivity contribution in [1.29, 1.82) is 0 Å². The molecule has 0 aromatic carbocycles. The molecule has 36 heavy (non-hydrogen) atoms. The first kappa shape index (κ1) is 27.4. The number of hydrogen-bond acceptors (Lipinski definition) is 5. The van der Waals surface area contributed by atoms with E-state index >= 15 is 0 Å². The minimum Gasteiger partial charge on any atom is -0.463 e. The van der Waals surface area contributed by atoms with Crippen LogP contribution in [0.15, 0.2) is 12.2 Å². The van der Waals surface area contributed by atoms with Crippen molar-refractivity contribution in [2.45, 2.75) is 112 Å². The van der Waals surface area contributed by atoms with Gasteiger partial charge in [-0.2, -0.15) is 0 Å². The smallest absolute Gasteiger partial charge is 0.302 e. The zero-order valence-electron chi connectivity index (χ0n) is 23.5. The van der Waals surface area contributed by atoms with Gasteiger partial charge in [0.1, 0.15) is 12.2 Å². The fourth-order valence-corrected chi connectivity index (χ4v) is 9.39. The van der Waals surface area contributed by atoms with Crippen molar-refractivity contribution in [2.24, 2.45) is 52.3 Å². The molecule has 0 heterocycles. The molecule has 0 bridgehead atoms. The molecule has 5 nitrogen and oxygen atoms in total. The molecule has 0 aliphatic heterocycles. The van der Waals surface area contributed by atoms with Gasteiger partial charge in [0.05, 0.1) is 0 Å².